The van der Waals surface area contributed by atoms with E-state index in [1.54, 1.807) is 0 Å². The van der Waals surface area contributed by atoms with Crippen molar-refractivity contribution >= 4 is 31.5 Å². The number of nitrogens with zero attached hydrogens (tertiary/aromatic N) is 1. The summed E-state index contributed by atoms with van der Waals surface area (Å²) < 4.78 is 89.4. The van der Waals surface area contributed by atoms with Crippen LogP contribution in [-0.2, 0) is 26.0 Å². The van der Waals surface area contributed by atoms with Gasteiger partial charge in [-0.25, -0.2) is 16.8 Å². The maximum atomic E-state index is 13.3. The van der Waals surface area contributed by atoms with Gasteiger partial charge in [0.25, 0.3) is 0 Å². The van der Waals surface area contributed by atoms with Gasteiger partial charge in [0.1, 0.15) is 0 Å². The summed E-state index contributed by atoms with van der Waals surface area (Å²) in [4.78, 5) is -0.863. The van der Waals surface area contributed by atoms with Crippen molar-refractivity contribution in [2.75, 3.05) is 13.3 Å². The van der Waals surface area contributed by atoms with E-state index in [9.17, 15) is 30.0 Å². The fraction of sp³-hybridized carbons (Fsp3) is 0.294. The highest BCUT2D eigenvalue weighted by Gasteiger charge is 2.39. The number of rotatable bonds is 5. The Kier molecular flexibility index (Phi) is 6.20. The molecule has 0 aromatic heterocycles. The van der Waals surface area contributed by atoms with E-state index in [0.717, 1.165) is 29.7 Å². The minimum atomic E-state index is -4.91. The minimum absolute atomic E-state index is 0.0472. The molecule has 0 N–H and O–H groups in total. The first kappa shape index (κ1) is 22.7. The van der Waals surface area contributed by atoms with E-state index in [1.165, 1.54) is 31.2 Å². The zero-order valence-corrected chi connectivity index (χ0v) is 17.4. The highest BCUT2D eigenvalue weighted by atomic mass is 35.5. The van der Waals surface area contributed by atoms with Crippen molar-refractivity contribution in [1.29, 1.82) is 0 Å². The van der Waals surface area contributed by atoms with Crippen LogP contribution in [-0.4, -0.2) is 34.4 Å². The fourth-order valence-corrected chi connectivity index (χ4v) is 4.86. The van der Waals surface area contributed by atoms with Crippen LogP contribution in [0.2, 0.25) is 5.02 Å². The van der Waals surface area contributed by atoms with E-state index >= 15 is 0 Å². The fourth-order valence-electron chi connectivity index (χ4n) is 2.52. The van der Waals surface area contributed by atoms with Gasteiger partial charge in [-0.2, -0.15) is 17.5 Å². The van der Waals surface area contributed by atoms with E-state index in [4.69, 9.17) is 11.6 Å². The maximum absolute atomic E-state index is 13.3. The van der Waals surface area contributed by atoms with Gasteiger partial charge in [-0.3, -0.25) is 0 Å². The number of hydrogen-bond donors (Lipinski definition) is 0. The Morgan fingerprint density at radius 2 is 1.54 bits per heavy atom. The molecule has 11 heteroatoms. The lowest BCUT2D eigenvalue weighted by Crippen LogP contribution is -2.31. The lowest BCUT2D eigenvalue weighted by Gasteiger charge is -2.26. The molecule has 1 atom stereocenters. The van der Waals surface area contributed by atoms with Gasteiger partial charge >= 0.3 is 6.18 Å². The predicted octanol–water partition coefficient (Wildman–Crippen LogP) is 4.14. The van der Waals surface area contributed by atoms with Crippen molar-refractivity contribution in [2.45, 2.75) is 28.9 Å². The molecule has 2 aromatic rings. The van der Waals surface area contributed by atoms with Gasteiger partial charge in [-0.1, -0.05) is 23.7 Å². The summed E-state index contributed by atoms with van der Waals surface area (Å²) in [6.07, 6.45) is -3.88. The Bertz CT molecular complexity index is 1080. The molecule has 0 saturated heterocycles. The first-order valence-corrected chi connectivity index (χ1v) is 11.5. The second-order valence-corrected chi connectivity index (χ2v) is 10.6. The molecule has 0 saturated carbocycles. The van der Waals surface area contributed by atoms with Crippen LogP contribution >= 0.6 is 11.6 Å². The Balaban J connectivity index is 2.47. The smallest absolute Gasteiger partial charge is 0.224 e. The lowest BCUT2D eigenvalue weighted by atomic mass is 10.1. The minimum Gasteiger partial charge on any atom is -0.224 e. The van der Waals surface area contributed by atoms with Crippen LogP contribution in [0.25, 0.3) is 0 Å². The maximum Gasteiger partial charge on any atom is 0.417 e. The van der Waals surface area contributed by atoms with Crippen molar-refractivity contribution in [3.05, 3.63) is 58.6 Å². The van der Waals surface area contributed by atoms with Crippen LogP contribution in [0.15, 0.2) is 52.3 Å². The molecule has 0 bridgehead atoms. The van der Waals surface area contributed by atoms with Gasteiger partial charge in [0.05, 0.1) is 15.4 Å². The summed E-state index contributed by atoms with van der Waals surface area (Å²) in [7, 11) is -6.80. The molecule has 28 heavy (non-hydrogen) atoms. The number of sulfone groups is 1. The van der Waals surface area contributed by atoms with E-state index in [1.807, 2.05) is 0 Å². The number of sulfonamides is 1. The quantitative estimate of drug-likeness (QED) is 0.679. The average molecular weight is 456 g/mol. The first-order chi connectivity index (χ1) is 12.7. The zero-order chi connectivity index (χ0) is 21.5. The molecule has 2 aromatic carbocycles. The monoisotopic (exact) mass is 455 g/mol. The molecule has 2 rings (SSSR count). The second kappa shape index (κ2) is 7.66. The zero-order valence-electron chi connectivity index (χ0n) is 15.0. The van der Waals surface area contributed by atoms with E-state index in [2.05, 4.69) is 0 Å². The lowest BCUT2D eigenvalue weighted by molar-refractivity contribution is -0.139. The molecule has 0 aliphatic carbocycles. The Hall–Kier alpha value is -1.62. The van der Waals surface area contributed by atoms with Gasteiger partial charge in [0.2, 0.25) is 10.0 Å². The van der Waals surface area contributed by atoms with E-state index in [0.29, 0.717) is 11.6 Å². The highest BCUT2D eigenvalue weighted by molar-refractivity contribution is 7.90. The normalized spacial score (nSPS) is 14.3. The SMILES string of the molecule is C[C@H](c1ccc(S(C)(=O)=O)cc1)N(C)S(=O)(=O)c1ccc(Cl)cc1C(F)(F)F. The molecular weight excluding hydrogens is 439 g/mol. The van der Waals surface area contributed by atoms with Crippen LogP contribution in [0.1, 0.15) is 24.1 Å². The van der Waals surface area contributed by atoms with Crippen LogP contribution in [0.4, 0.5) is 13.2 Å². The molecule has 0 spiro atoms. The van der Waals surface area contributed by atoms with Crippen molar-refractivity contribution < 1.29 is 30.0 Å². The van der Waals surface area contributed by atoms with Crippen LogP contribution in [0.5, 0.6) is 0 Å². The Morgan fingerprint density at radius 3 is 2.00 bits per heavy atom. The number of halogens is 4. The average Bonchev–Trinajstić information content (AvgIpc) is 2.58. The summed E-state index contributed by atoms with van der Waals surface area (Å²) in [5, 5.41) is -0.238. The molecule has 0 aliphatic heterocycles. The molecule has 154 valence electrons. The van der Waals surface area contributed by atoms with E-state index in [-0.39, 0.29) is 9.92 Å². The third kappa shape index (κ3) is 4.68. The Morgan fingerprint density at radius 1 is 1.00 bits per heavy atom. The van der Waals surface area contributed by atoms with Crippen LogP contribution in [0, 0.1) is 0 Å². The molecule has 0 amide bonds. The van der Waals surface area contributed by atoms with Gasteiger partial charge in [0, 0.05) is 24.4 Å². The van der Waals surface area contributed by atoms with Gasteiger partial charge < -0.3 is 0 Å². The number of benzene rings is 2. The van der Waals surface area contributed by atoms with Gasteiger partial charge in [-0.05, 0) is 42.8 Å². The molecule has 0 radical (unpaired) electrons. The first-order valence-electron chi connectivity index (χ1n) is 7.80. The standard InChI is InChI=1S/C17H17ClF3NO4S2/c1-11(12-4-7-14(8-5-12)27(3,23)24)22(2)28(25,26)16-9-6-13(18)10-15(16)17(19,20)21/h4-11H,1-3H3/t11-/m1/s1. The van der Waals surface area contributed by atoms with Crippen LogP contribution < -0.4 is 0 Å². The van der Waals surface area contributed by atoms with Gasteiger partial charge in [0.15, 0.2) is 9.84 Å². The second-order valence-electron chi connectivity index (χ2n) is 6.18. The summed E-state index contributed by atoms with van der Waals surface area (Å²) in [5.41, 5.74) is -0.938. The predicted molar refractivity (Wildman–Crippen MR) is 99.4 cm³/mol. The largest absolute Gasteiger partial charge is 0.417 e. The summed E-state index contributed by atoms with van der Waals surface area (Å²) >= 11 is 5.61. The molecule has 5 nitrogen and oxygen atoms in total. The number of hydrogen-bond acceptors (Lipinski definition) is 4. The van der Waals surface area contributed by atoms with Crippen molar-refractivity contribution in [2.24, 2.45) is 0 Å². The van der Waals surface area contributed by atoms with Crippen molar-refractivity contribution in [3.63, 3.8) is 0 Å². The third-order valence-electron chi connectivity index (χ3n) is 4.24. The van der Waals surface area contributed by atoms with Gasteiger partial charge in [-0.15, -0.1) is 0 Å². The molecular formula is C17H17ClF3NO4S2. The molecule has 0 aliphatic rings. The Labute approximate surface area is 166 Å². The number of alkyl halides is 3. The molecule has 0 heterocycles. The highest BCUT2D eigenvalue weighted by Crippen LogP contribution is 2.38. The summed E-state index contributed by atoms with van der Waals surface area (Å²) in [6, 6.07) is 7.05. The van der Waals surface area contributed by atoms with E-state index < -0.39 is 42.5 Å². The molecule has 0 unspecified atom stereocenters. The summed E-state index contributed by atoms with van der Waals surface area (Å²) in [5.74, 6) is 0. The van der Waals surface area contributed by atoms with Crippen LogP contribution in [0.3, 0.4) is 0 Å². The topological polar surface area (TPSA) is 71.5 Å². The third-order valence-corrected chi connectivity index (χ3v) is 7.59. The van der Waals surface area contributed by atoms with Crippen molar-refractivity contribution in [1.82, 2.24) is 4.31 Å². The van der Waals surface area contributed by atoms with Crippen molar-refractivity contribution in [3.8, 4) is 0 Å². The molecule has 0 fully saturated rings. The summed E-state index contributed by atoms with van der Waals surface area (Å²) in [6.45, 7) is 1.48.